The minimum atomic E-state index is -0.375. The molecule has 0 saturated carbocycles. The van der Waals surface area contributed by atoms with Gasteiger partial charge in [0.15, 0.2) is 0 Å². The van der Waals surface area contributed by atoms with Crippen LogP contribution in [0.1, 0.15) is 10.5 Å². The van der Waals surface area contributed by atoms with Crippen molar-refractivity contribution in [2.45, 2.75) is 0 Å². The number of carbonyl (C=O) groups is 1. The first-order valence-corrected chi connectivity index (χ1v) is 7.19. The first kappa shape index (κ1) is 15.6. The van der Waals surface area contributed by atoms with E-state index in [0.29, 0.717) is 22.7 Å². The van der Waals surface area contributed by atoms with Crippen molar-refractivity contribution in [1.82, 2.24) is 9.97 Å². The smallest absolute Gasteiger partial charge is 0.274 e. The molecule has 0 fully saturated rings. The van der Waals surface area contributed by atoms with Crippen LogP contribution in [0, 0.1) is 5.82 Å². The maximum atomic E-state index is 13.3. The Morgan fingerprint density at radius 3 is 2.62 bits per heavy atom. The lowest BCUT2D eigenvalue weighted by Gasteiger charge is -2.07. The molecule has 0 bridgehead atoms. The maximum Gasteiger partial charge on any atom is 0.274 e. The van der Waals surface area contributed by atoms with Gasteiger partial charge >= 0.3 is 0 Å². The quantitative estimate of drug-likeness (QED) is 0.797. The van der Waals surface area contributed by atoms with Crippen LogP contribution >= 0.6 is 0 Å². The van der Waals surface area contributed by atoms with Crippen LogP contribution in [-0.4, -0.2) is 23.0 Å². The summed E-state index contributed by atoms with van der Waals surface area (Å²) in [4.78, 5) is 20.4. The summed E-state index contributed by atoms with van der Waals surface area (Å²) in [5.41, 5.74) is 2.14. The first-order chi connectivity index (χ1) is 11.7. The largest absolute Gasteiger partial charge is 0.481 e. The molecule has 1 amide bonds. The molecule has 3 aromatic rings. The Morgan fingerprint density at radius 2 is 1.92 bits per heavy atom. The monoisotopic (exact) mass is 323 g/mol. The molecular weight excluding hydrogens is 309 g/mol. The lowest BCUT2D eigenvalue weighted by molar-refractivity contribution is 0.102. The third-order valence-electron chi connectivity index (χ3n) is 3.35. The SMILES string of the molecule is COc1ccc(NC(=O)c2cc(-c3cccc(F)c3)ccn2)cn1. The zero-order chi connectivity index (χ0) is 16.9. The van der Waals surface area contributed by atoms with Gasteiger partial charge in [0.1, 0.15) is 11.5 Å². The van der Waals surface area contributed by atoms with Crippen LogP contribution in [0.3, 0.4) is 0 Å². The average Bonchev–Trinajstić information content (AvgIpc) is 2.62. The fraction of sp³-hybridized carbons (Fsp3) is 0.0556. The van der Waals surface area contributed by atoms with Crippen LogP contribution in [-0.2, 0) is 0 Å². The summed E-state index contributed by atoms with van der Waals surface area (Å²) in [5.74, 6) is -0.251. The molecule has 5 nitrogen and oxygen atoms in total. The molecule has 2 heterocycles. The molecule has 0 radical (unpaired) electrons. The van der Waals surface area contributed by atoms with Gasteiger partial charge in [-0.05, 0) is 41.5 Å². The van der Waals surface area contributed by atoms with Crippen LogP contribution in [0.4, 0.5) is 10.1 Å². The molecule has 0 aliphatic carbocycles. The second-order valence-corrected chi connectivity index (χ2v) is 4.98. The number of hydrogen-bond donors (Lipinski definition) is 1. The number of carbonyl (C=O) groups excluding carboxylic acids is 1. The molecular formula is C18H14FN3O2. The first-order valence-electron chi connectivity index (χ1n) is 7.19. The number of aromatic nitrogens is 2. The number of pyridine rings is 2. The molecule has 0 aliphatic heterocycles. The lowest BCUT2D eigenvalue weighted by atomic mass is 10.1. The maximum absolute atomic E-state index is 13.3. The van der Waals surface area contributed by atoms with Gasteiger partial charge in [-0.15, -0.1) is 0 Å². The Kier molecular flexibility index (Phi) is 4.47. The predicted octanol–water partition coefficient (Wildman–Crippen LogP) is 3.54. The van der Waals surface area contributed by atoms with E-state index in [4.69, 9.17) is 4.74 Å². The van der Waals surface area contributed by atoms with Crippen LogP contribution in [0.25, 0.3) is 11.1 Å². The highest BCUT2D eigenvalue weighted by atomic mass is 19.1. The van der Waals surface area contributed by atoms with Crippen molar-refractivity contribution in [3.8, 4) is 17.0 Å². The van der Waals surface area contributed by atoms with E-state index in [-0.39, 0.29) is 17.4 Å². The highest BCUT2D eigenvalue weighted by Crippen LogP contribution is 2.21. The number of nitrogens with one attached hydrogen (secondary N) is 1. The second-order valence-electron chi connectivity index (χ2n) is 4.98. The summed E-state index contributed by atoms with van der Waals surface area (Å²) < 4.78 is 18.3. The van der Waals surface area contributed by atoms with Gasteiger partial charge in [0, 0.05) is 12.3 Å². The number of benzene rings is 1. The van der Waals surface area contributed by atoms with E-state index < -0.39 is 0 Å². The van der Waals surface area contributed by atoms with Crippen LogP contribution in [0.2, 0.25) is 0 Å². The molecule has 0 unspecified atom stereocenters. The topological polar surface area (TPSA) is 64.1 Å². The molecule has 0 saturated heterocycles. The molecule has 6 heteroatoms. The molecule has 0 atom stereocenters. The lowest BCUT2D eigenvalue weighted by Crippen LogP contribution is -2.13. The fourth-order valence-corrected chi connectivity index (χ4v) is 2.17. The van der Waals surface area contributed by atoms with E-state index in [1.807, 2.05) is 0 Å². The highest BCUT2D eigenvalue weighted by Gasteiger charge is 2.10. The molecule has 3 rings (SSSR count). The fourth-order valence-electron chi connectivity index (χ4n) is 2.17. The molecule has 1 aromatic carbocycles. The Balaban J connectivity index is 1.81. The normalized spacial score (nSPS) is 10.2. The Bertz CT molecular complexity index is 866. The number of nitrogens with zero attached hydrogens (tertiary/aromatic N) is 2. The molecule has 120 valence electrons. The number of rotatable bonds is 4. The average molecular weight is 323 g/mol. The molecule has 2 aromatic heterocycles. The van der Waals surface area contributed by atoms with Crippen LogP contribution in [0.15, 0.2) is 60.9 Å². The van der Waals surface area contributed by atoms with E-state index in [9.17, 15) is 9.18 Å². The summed E-state index contributed by atoms with van der Waals surface area (Å²) in [6.07, 6.45) is 3.01. The zero-order valence-corrected chi connectivity index (χ0v) is 12.9. The number of halogens is 1. The van der Waals surface area contributed by atoms with Crippen molar-refractivity contribution in [3.05, 3.63) is 72.4 Å². The third kappa shape index (κ3) is 3.55. The molecule has 1 N–H and O–H groups in total. The van der Waals surface area contributed by atoms with Gasteiger partial charge in [-0.3, -0.25) is 9.78 Å². The minimum absolute atomic E-state index is 0.229. The standard InChI is InChI=1S/C18H14FN3O2/c1-24-17-6-5-15(11-21-17)22-18(23)16-10-13(7-8-20-16)12-3-2-4-14(19)9-12/h2-11H,1H3,(H,22,23). The number of ether oxygens (including phenoxy) is 1. The number of hydrogen-bond acceptors (Lipinski definition) is 4. The highest BCUT2D eigenvalue weighted by molar-refractivity contribution is 6.03. The summed E-state index contributed by atoms with van der Waals surface area (Å²) in [6.45, 7) is 0. The van der Waals surface area contributed by atoms with Crippen molar-refractivity contribution in [2.75, 3.05) is 12.4 Å². The number of anilines is 1. The van der Waals surface area contributed by atoms with Gasteiger partial charge in [0.05, 0.1) is 19.0 Å². The van der Waals surface area contributed by atoms with Crippen molar-refractivity contribution in [3.63, 3.8) is 0 Å². The molecule has 24 heavy (non-hydrogen) atoms. The van der Waals surface area contributed by atoms with Crippen LogP contribution in [0.5, 0.6) is 5.88 Å². The Labute approximate surface area is 138 Å². The second kappa shape index (κ2) is 6.87. The summed E-state index contributed by atoms with van der Waals surface area (Å²) in [7, 11) is 1.52. The van der Waals surface area contributed by atoms with E-state index in [1.165, 1.54) is 31.6 Å². The zero-order valence-electron chi connectivity index (χ0n) is 12.9. The number of methoxy groups -OCH3 is 1. The summed E-state index contributed by atoms with van der Waals surface area (Å²) in [6, 6.07) is 12.8. The van der Waals surface area contributed by atoms with E-state index in [2.05, 4.69) is 15.3 Å². The predicted molar refractivity (Wildman–Crippen MR) is 88.4 cm³/mol. The van der Waals surface area contributed by atoms with Crippen molar-refractivity contribution in [1.29, 1.82) is 0 Å². The minimum Gasteiger partial charge on any atom is -0.481 e. The van der Waals surface area contributed by atoms with E-state index in [0.717, 1.165) is 0 Å². The van der Waals surface area contributed by atoms with Gasteiger partial charge in [-0.25, -0.2) is 9.37 Å². The number of amides is 1. The van der Waals surface area contributed by atoms with E-state index in [1.54, 1.807) is 36.4 Å². The van der Waals surface area contributed by atoms with E-state index >= 15 is 0 Å². The van der Waals surface area contributed by atoms with Gasteiger partial charge in [-0.1, -0.05) is 12.1 Å². The van der Waals surface area contributed by atoms with Gasteiger partial charge in [0.25, 0.3) is 5.91 Å². The third-order valence-corrected chi connectivity index (χ3v) is 3.35. The van der Waals surface area contributed by atoms with Gasteiger partial charge in [-0.2, -0.15) is 0 Å². The van der Waals surface area contributed by atoms with Crippen molar-refractivity contribution < 1.29 is 13.9 Å². The van der Waals surface area contributed by atoms with Gasteiger partial charge < -0.3 is 10.1 Å². The van der Waals surface area contributed by atoms with Crippen LogP contribution < -0.4 is 10.1 Å². The summed E-state index contributed by atoms with van der Waals surface area (Å²) >= 11 is 0. The molecule has 0 aliphatic rings. The summed E-state index contributed by atoms with van der Waals surface area (Å²) in [5, 5.41) is 2.71. The van der Waals surface area contributed by atoms with Gasteiger partial charge in [0.2, 0.25) is 5.88 Å². The Morgan fingerprint density at radius 1 is 1.08 bits per heavy atom. The van der Waals surface area contributed by atoms with Crippen molar-refractivity contribution in [2.24, 2.45) is 0 Å². The Hall–Kier alpha value is -3.28. The van der Waals surface area contributed by atoms with Crippen molar-refractivity contribution >= 4 is 11.6 Å². The molecule has 0 spiro atoms.